The molecule has 4 heterocycles. The highest BCUT2D eigenvalue weighted by molar-refractivity contribution is 7.89. The van der Waals surface area contributed by atoms with Crippen molar-refractivity contribution in [3.05, 3.63) is 54.4 Å². The molecule has 2 aromatic rings. The van der Waals surface area contributed by atoms with Crippen molar-refractivity contribution in [2.75, 3.05) is 39.0 Å². The molecule has 0 radical (unpaired) electrons. The largest absolute Gasteiger partial charge is 0.368 e. The molecule has 11 nitrogen and oxygen atoms in total. The van der Waals surface area contributed by atoms with Crippen LogP contribution in [-0.4, -0.2) is 85.0 Å². The Balaban J connectivity index is 1.37. The second-order valence-electron chi connectivity index (χ2n) is 10.8. The number of hydrogen-bond donors (Lipinski definition) is 3. The molecule has 1 aromatic carbocycles. The van der Waals surface area contributed by atoms with E-state index in [1.54, 1.807) is 30.5 Å². The normalized spacial score (nSPS) is 25.6. The van der Waals surface area contributed by atoms with Crippen LogP contribution in [0.4, 0.5) is 5.69 Å². The number of nitrogens with zero attached hydrogens (tertiary/aromatic N) is 5. The third kappa shape index (κ3) is 5.50. The lowest BCUT2D eigenvalue weighted by atomic mass is 9.81. The number of carbonyl (C=O) groups excluding carboxylic acids is 1. The van der Waals surface area contributed by atoms with Gasteiger partial charge in [-0.3, -0.25) is 14.7 Å². The van der Waals surface area contributed by atoms with E-state index < -0.39 is 27.6 Å². The fourth-order valence-electron chi connectivity index (χ4n) is 6.08. The van der Waals surface area contributed by atoms with Gasteiger partial charge in [0.25, 0.3) is 0 Å². The zero-order valence-corrected chi connectivity index (χ0v) is 23.2. The summed E-state index contributed by atoms with van der Waals surface area (Å²) in [6.07, 6.45) is 5.92. The molecule has 0 spiro atoms. The number of fused-ring (bicyclic) bond motifs is 1. The quantitative estimate of drug-likeness (QED) is 0.444. The molecular formula is C27H36N8O3S. The highest BCUT2D eigenvalue weighted by Crippen LogP contribution is 2.40. The summed E-state index contributed by atoms with van der Waals surface area (Å²) in [6.45, 7) is 3.06. The van der Waals surface area contributed by atoms with Crippen molar-refractivity contribution >= 4 is 21.6 Å². The van der Waals surface area contributed by atoms with Gasteiger partial charge in [-0.05, 0) is 49.1 Å². The van der Waals surface area contributed by atoms with Crippen LogP contribution in [0.15, 0.2) is 53.7 Å². The molecule has 3 fully saturated rings. The number of aromatic nitrogens is 1. The molecule has 3 unspecified atom stereocenters. The van der Waals surface area contributed by atoms with Crippen LogP contribution in [0.1, 0.15) is 31.2 Å². The molecule has 0 saturated carbocycles. The van der Waals surface area contributed by atoms with Crippen LogP contribution in [-0.2, 0) is 21.4 Å². The van der Waals surface area contributed by atoms with Crippen molar-refractivity contribution in [1.29, 1.82) is 5.26 Å². The van der Waals surface area contributed by atoms with Crippen molar-refractivity contribution in [2.45, 2.75) is 54.9 Å². The number of benzene rings is 1. The van der Waals surface area contributed by atoms with Gasteiger partial charge in [0.1, 0.15) is 6.17 Å². The van der Waals surface area contributed by atoms with E-state index in [0.717, 1.165) is 44.5 Å². The molecule has 1 amide bonds. The number of hydrogen-bond acceptors (Lipinski definition) is 9. The number of pyridine rings is 1. The smallest absolute Gasteiger partial charge is 0.242 e. The van der Waals surface area contributed by atoms with E-state index in [1.165, 1.54) is 18.4 Å². The van der Waals surface area contributed by atoms with Crippen molar-refractivity contribution in [2.24, 2.45) is 5.92 Å². The predicted octanol–water partition coefficient (Wildman–Crippen LogP) is 1.34. The number of carbonyl (C=O) groups is 1. The molecule has 3 atom stereocenters. The molecular weight excluding hydrogens is 516 g/mol. The SMILES string of the molecule is CN(C)S(=O)(=O)c1cccc(NC2NN(C3(CC#N)CCN(Cc4cccnc4)CC3)C3CCNC(=O)C23)c1. The first-order valence-corrected chi connectivity index (χ1v) is 14.8. The number of hydrazine groups is 1. The maximum Gasteiger partial charge on any atom is 0.242 e. The van der Waals surface area contributed by atoms with Crippen molar-refractivity contribution in [3.63, 3.8) is 0 Å². The Morgan fingerprint density at radius 1 is 1.23 bits per heavy atom. The van der Waals surface area contributed by atoms with Crippen LogP contribution in [0.3, 0.4) is 0 Å². The average molecular weight is 553 g/mol. The van der Waals surface area contributed by atoms with Gasteiger partial charge in [0.15, 0.2) is 0 Å². The third-order valence-electron chi connectivity index (χ3n) is 8.20. The number of sulfonamides is 1. The molecule has 5 rings (SSSR count). The summed E-state index contributed by atoms with van der Waals surface area (Å²) >= 11 is 0. The first kappa shape index (κ1) is 27.5. The van der Waals surface area contributed by atoms with Crippen LogP contribution in [0, 0.1) is 17.2 Å². The zero-order chi connectivity index (χ0) is 27.6. The molecule has 3 aliphatic rings. The van der Waals surface area contributed by atoms with E-state index in [1.807, 2.05) is 12.3 Å². The maximum absolute atomic E-state index is 13.1. The number of nitrogens with one attached hydrogen (secondary N) is 3. The molecule has 208 valence electrons. The van der Waals surface area contributed by atoms with E-state index in [9.17, 15) is 18.5 Å². The second kappa shape index (κ2) is 11.2. The Hall–Kier alpha value is -3.08. The first-order valence-electron chi connectivity index (χ1n) is 13.3. The van der Waals surface area contributed by atoms with Gasteiger partial charge in [0.2, 0.25) is 15.9 Å². The molecule has 39 heavy (non-hydrogen) atoms. The van der Waals surface area contributed by atoms with Gasteiger partial charge in [0.05, 0.1) is 28.8 Å². The summed E-state index contributed by atoms with van der Waals surface area (Å²) in [6, 6.07) is 13.0. The molecule has 1 aromatic heterocycles. The Morgan fingerprint density at radius 2 is 2.03 bits per heavy atom. The summed E-state index contributed by atoms with van der Waals surface area (Å²) in [7, 11) is -0.603. The van der Waals surface area contributed by atoms with E-state index in [2.05, 4.69) is 43.1 Å². The fourth-order valence-corrected chi connectivity index (χ4v) is 7.03. The van der Waals surface area contributed by atoms with E-state index in [0.29, 0.717) is 18.7 Å². The molecule has 12 heteroatoms. The van der Waals surface area contributed by atoms with Crippen molar-refractivity contribution in [3.8, 4) is 6.07 Å². The Bertz CT molecular complexity index is 1320. The number of amides is 1. The standard InChI is InChI=1S/C27H36N8O3S/c1-33(2)39(37,38)22-7-3-6-21(17-22)31-25-24-23(8-14-30-26(24)36)35(32-25)27(9-12-28)10-15-34(16-11-27)19-20-5-4-13-29-18-20/h3-7,13,17-18,23-25,31-32H,8-11,14-16,19H2,1-2H3,(H,30,36). The number of nitriles is 1. The topological polar surface area (TPSA) is 134 Å². The highest BCUT2D eigenvalue weighted by Gasteiger charge is 2.54. The van der Waals surface area contributed by atoms with Gasteiger partial charge in [0, 0.05) is 64.4 Å². The molecule has 3 N–H and O–H groups in total. The van der Waals surface area contributed by atoms with Gasteiger partial charge >= 0.3 is 0 Å². The van der Waals surface area contributed by atoms with E-state index in [4.69, 9.17) is 0 Å². The molecule has 3 saturated heterocycles. The summed E-state index contributed by atoms with van der Waals surface area (Å²) in [5.41, 5.74) is 4.93. The lowest BCUT2D eigenvalue weighted by Crippen LogP contribution is -2.62. The number of anilines is 1. The van der Waals surface area contributed by atoms with Crippen LogP contribution in [0.2, 0.25) is 0 Å². The fraction of sp³-hybridized carbons (Fsp3) is 0.519. The minimum absolute atomic E-state index is 0.0445. The number of likely N-dealkylation sites (tertiary alicyclic amines) is 1. The lowest BCUT2D eigenvalue weighted by molar-refractivity contribution is -0.128. The van der Waals surface area contributed by atoms with E-state index in [-0.39, 0.29) is 16.8 Å². The Labute approximate surface area is 230 Å². The maximum atomic E-state index is 13.1. The van der Waals surface area contributed by atoms with Crippen LogP contribution >= 0.6 is 0 Å². The Morgan fingerprint density at radius 3 is 2.72 bits per heavy atom. The summed E-state index contributed by atoms with van der Waals surface area (Å²) in [5.74, 6) is -0.436. The van der Waals surface area contributed by atoms with E-state index >= 15 is 0 Å². The minimum Gasteiger partial charge on any atom is -0.368 e. The molecule has 0 bridgehead atoms. The van der Waals surface area contributed by atoms with Crippen LogP contribution in [0.25, 0.3) is 0 Å². The van der Waals surface area contributed by atoms with Crippen LogP contribution < -0.4 is 16.1 Å². The van der Waals surface area contributed by atoms with Gasteiger partial charge in [-0.2, -0.15) is 5.26 Å². The Kier molecular flexibility index (Phi) is 7.89. The molecule has 0 aliphatic carbocycles. The third-order valence-corrected chi connectivity index (χ3v) is 10.0. The zero-order valence-electron chi connectivity index (χ0n) is 22.4. The van der Waals surface area contributed by atoms with Gasteiger partial charge in [-0.1, -0.05) is 12.1 Å². The highest BCUT2D eigenvalue weighted by atomic mass is 32.2. The molecule has 3 aliphatic heterocycles. The second-order valence-corrected chi connectivity index (χ2v) is 13.0. The summed E-state index contributed by atoms with van der Waals surface area (Å²) < 4.78 is 26.6. The van der Waals surface area contributed by atoms with Crippen LogP contribution in [0.5, 0.6) is 0 Å². The minimum atomic E-state index is -3.60. The summed E-state index contributed by atoms with van der Waals surface area (Å²) in [4.78, 5) is 19.9. The van der Waals surface area contributed by atoms with Gasteiger partial charge < -0.3 is 10.6 Å². The van der Waals surface area contributed by atoms with Gasteiger partial charge in [-0.25, -0.2) is 23.2 Å². The first-order chi connectivity index (χ1) is 18.7. The predicted molar refractivity (Wildman–Crippen MR) is 146 cm³/mol. The summed E-state index contributed by atoms with van der Waals surface area (Å²) in [5, 5.41) is 18.4. The van der Waals surface area contributed by atoms with Crippen molar-refractivity contribution in [1.82, 2.24) is 29.9 Å². The van der Waals surface area contributed by atoms with Crippen molar-refractivity contribution < 1.29 is 13.2 Å². The lowest BCUT2D eigenvalue weighted by Gasteiger charge is -2.49. The van der Waals surface area contributed by atoms with Gasteiger partial charge in [-0.15, -0.1) is 0 Å². The number of rotatable bonds is 8. The average Bonchev–Trinajstić information content (AvgIpc) is 3.31. The number of piperidine rings is 2. The monoisotopic (exact) mass is 552 g/mol.